The Morgan fingerprint density at radius 2 is 2.03 bits per heavy atom. The van der Waals surface area contributed by atoms with Crippen molar-refractivity contribution >= 4 is 11.6 Å². The quantitative estimate of drug-likeness (QED) is 0.694. The molecule has 5 rings (SSSR count). The summed E-state index contributed by atoms with van der Waals surface area (Å²) in [5, 5.41) is 6.46. The molecule has 6 nitrogen and oxygen atoms in total. The molecule has 1 amide bonds. The van der Waals surface area contributed by atoms with Crippen molar-refractivity contribution in [2.45, 2.75) is 38.3 Å². The SMILES string of the molecule is Cc1ccc(C2=NN(C(=O)C[NH+]3CCC[C@H]3c3cccn3C)[C@@H](c3ccco3)C2)cc1. The average Bonchev–Trinajstić information content (AvgIpc) is 3.55. The number of aromatic nitrogens is 1. The molecule has 0 radical (unpaired) electrons. The Kier molecular flexibility index (Phi) is 5.24. The lowest BCUT2D eigenvalue weighted by molar-refractivity contribution is -0.911. The number of hydrogen-bond acceptors (Lipinski definition) is 3. The van der Waals surface area contributed by atoms with Gasteiger partial charge >= 0.3 is 0 Å². The Morgan fingerprint density at radius 1 is 1.19 bits per heavy atom. The molecule has 1 unspecified atom stereocenters. The molecule has 0 spiro atoms. The van der Waals surface area contributed by atoms with Gasteiger partial charge in [-0.05, 0) is 36.8 Å². The Morgan fingerprint density at radius 3 is 2.74 bits per heavy atom. The molecule has 2 aromatic heterocycles. The number of nitrogens with zero attached hydrogens (tertiary/aromatic N) is 3. The number of aryl methyl sites for hydroxylation is 2. The topological polar surface area (TPSA) is 55.2 Å². The maximum absolute atomic E-state index is 13.5. The second-order valence-electron chi connectivity index (χ2n) is 8.71. The van der Waals surface area contributed by atoms with Gasteiger partial charge in [-0.15, -0.1) is 0 Å². The Hall–Kier alpha value is -3.12. The molecule has 3 atom stereocenters. The van der Waals surface area contributed by atoms with Gasteiger partial charge in [0.05, 0.1) is 24.2 Å². The molecular weight excluding hydrogens is 388 g/mol. The minimum absolute atomic E-state index is 0.0552. The average molecular weight is 418 g/mol. The second-order valence-corrected chi connectivity index (χ2v) is 8.71. The molecule has 0 bridgehead atoms. The van der Waals surface area contributed by atoms with E-state index in [0.29, 0.717) is 19.0 Å². The third-order valence-corrected chi connectivity index (χ3v) is 6.63. The summed E-state index contributed by atoms with van der Waals surface area (Å²) < 4.78 is 7.87. The lowest BCUT2D eigenvalue weighted by Crippen LogP contribution is -3.11. The van der Waals surface area contributed by atoms with Crippen LogP contribution >= 0.6 is 0 Å². The van der Waals surface area contributed by atoms with E-state index >= 15 is 0 Å². The van der Waals surface area contributed by atoms with Crippen LogP contribution in [0.2, 0.25) is 0 Å². The summed E-state index contributed by atoms with van der Waals surface area (Å²) in [5.74, 6) is 0.842. The fourth-order valence-electron chi connectivity index (χ4n) is 4.96. The van der Waals surface area contributed by atoms with E-state index in [1.807, 2.05) is 12.1 Å². The fraction of sp³-hybridized carbons (Fsp3) is 0.360. The number of quaternary nitrogens is 1. The standard InChI is InChI=1S/C25H28N4O2/c1-18-9-11-19(12-10-18)20-16-23(24-8-5-15-31-24)29(26-20)25(30)17-28-14-4-7-22(28)21-6-3-13-27(21)2/h3,5-6,8-13,15,22-23H,4,7,14,16-17H2,1-2H3/p+1/t22-,23+/m0/s1. The van der Waals surface area contributed by atoms with Gasteiger partial charge in [0.2, 0.25) is 0 Å². The molecule has 1 fully saturated rings. The lowest BCUT2D eigenvalue weighted by atomic mass is 10.0. The zero-order valence-corrected chi connectivity index (χ0v) is 18.1. The highest BCUT2D eigenvalue weighted by Crippen LogP contribution is 2.33. The maximum Gasteiger partial charge on any atom is 0.298 e. The first kappa shape index (κ1) is 19.8. The van der Waals surface area contributed by atoms with Crippen LogP contribution in [0.4, 0.5) is 0 Å². The van der Waals surface area contributed by atoms with Crippen LogP contribution in [-0.4, -0.2) is 34.3 Å². The van der Waals surface area contributed by atoms with E-state index in [0.717, 1.165) is 36.4 Å². The molecule has 1 saturated heterocycles. The molecular formula is C25H29N4O2+. The van der Waals surface area contributed by atoms with Gasteiger partial charge in [-0.1, -0.05) is 29.8 Å². The predicted octanol–water partition coefficient (Wildman–Crippen LogP) is 3.02. The predicted molar refractivity (Wildman–Crippen MR) is 119 cm³/mol. The third kappa shape index (κ3) is 3.83. The normalized spacial score (nSPS) is 23.4. The van der Waals surface area contributed by atoms with Crippen molar-refractivity contribution in [3.8, 4) is 0 Å². The molecule has 2 aliphatic rings. The van der Waals surface area contributed by atoms with E-state index in [1.165, 1.54) is 16.2 Å². The van der Waals surface area contributed by atoms with Crippen LogP contribution in [0.3, 0.4) is 0 Å². The van der Waals surface area contributed by atoms with Crippen LogP contribution < -0.4 is 4.90 Å². The smallest absolute Gasteiger partial charge is 0.298 e. The number of hydrogen-bond donors (Lipinski definition) is 1. The van der Waals surface area contributed by atoms with E-state index in [1.54, 1.807) is 11.3 Å². The largest absolute Gasteiger partial charge is 0.467 e. The fourth-order valence-corrected chi connectivity index (χ4v) is 4.96. The zero-order valence-electron chi connectivity index (χ0n) is 18.1. The molecule has 2 aliphatic heterocycles. The van der Waals surface area contributed by atoms with Gasteiger partial charge in [-0.2, -0.15) is 5.10 Å². The highest BCUT2D eigenvalue weighted by atomic mass is 16.3. The van der Waals surface area contributed by atoms with Crippen molar-refractivity contribution in [3.63, 3.8) is 0 Å². The molecule has 160 valence electrons. The number of hydrazone groups is 1. The van der Waals surface area contributed by atoms with Gasteiger partial charge in [0, 0.05) is 32.5 Å². The molecule has 4 heterocycles. The van der Waals surface area contributed by atoms with E-state index < -0.39 is 0 Å². The molecule has 6 heteroatoms. The lowest BCUT2D eigenvalue weighted by Gasteiger charge is -2.25. The van der Waals surface area contributed by atoms with Gasteiger partial charge < -0.3 is 13.9 Å². The number of amides is 1. The Bertz CT molecular complexity index is 1080. The van der Waals surface area contributed by atoms with Crippen molar-refractivity contribution in [2.24, 2.45) is 12.1 Å². The van der Waals surface area contributed by atoms with Crippen molar-refractivity contribution in [3.05, 3.63) is 83.6 Å². The number of rotatable bonds is 5. The van der Waals surface area contributed by atoms with Gasteiger partial charge in [0.25, 0.3) is 5.91 Å². The summed E-state index contributed by atoms with van der Waals surface area (Å²) in [4.78, 5) is 14.8. The van der Waals surface area contributed by atoms with Gasteiger partial charge in [0.15, 0.2) is 6.54 Å². The summed E-state index contributed by atoms with van der Waals surface area (Å²) in [7, 11) is 2.08. The van der Waals surface area contributed by atoms with E-state index in [9.17, 15) is 4.79 Å². The first-order valence-corrected chi connectivity index (χ1v) is 11.1. The van der Waals surface area contributed by atoms with E-state index in [2.05, 4.69) is 61.1 Å². The van der Waals surface area contributed by atoms with Crippen LogP contribution in [-0.2, 0) is 11.8 Å². The minimum atomic E-state index is -0.186. The third-order valence-electron chi connectivity index (χ3n) is 6.63. The van der Waals surface area contributed by atoms with E-state index in [-0.39, 0.29) is 11.9 Å². The molecule has 31 heavy (non-hydrogen) atoms. The van der Waals surface area contributed by atoms with Gasteiger partial charge in [-0.25, -0.2) is 5.01 Å². The van der Waals surface area contributed by atoms with Crippen LogP contribution in [0, 0.1) is 6.92 Å². The highest BCUT2D eigenvalue weighted by Gasteiger charge is 2.39. The molecule has 1 aromatic carbocycles. The summed E-state index contributed by atoms with van der Waals surface area (Å²) in [6.45, 7) is 3.52. The Balaban J connectivity index is 1.39. The monoisotopic (exact) mass is 417 g/mol. The van der Waals surface area contributed by atoms with Crippen LogP contribution in [0.25, 0.3) is 0 Å². The number of carbonyl (C=O) groups excluding carboxylic acids is 1. The van der Waals surface area contributed by atoms with Crippen LogP contribution in [0.15, 0.2) is 70.5 Å². The number of furan rings is 1. The van der Waals surface area contributed by atoms with Crippen molar-refractivity contribution < 1.29 is 14.1 Å². The first-order valence-electron chi connectivity index (χ1n) is 11.1. The number of carbonyl (C=O) groups is 1. The minimum Gasteiger partial charge on any atom is -0.467 e. The summed E-state index contributed by atoms with van der Waals surface area (Å²) >= 11 is 0. The van der Waals surface area contributed by atoms with Crippen LogP contribution in [0.1, 0.15) is 53.9 Å². The number of nitrogens with one attached hydrogen (secondary N) is 1. The zero-order chi connectivity index (χ0) is 21.4. The summed E-state index contributed by atoms with van der Waals surface area (Å²) in [6.07, 6.45) is 6.66. The molecule has 1 N–H and O–H groups in total. The van der Waals surface area contributed by atoms with E-state index in [4.69, 9.17) is 9.52 Å². The van der Waals surface area contributed by atoms with Gasteiger partial charge in [0.1, 0.15) is 17.8 Å². The maximum atomic E-state index is 13.5. The molecule has 0 aliphatic carbocycles. The van der Waals surface area contributed by atoms with Gasteiger partial charge in [-0.3, -0.25) is 4.79 Å². The molecule has 3 aromatic rings. The van der Waals surface area contributed by atoms with Crippen LogP contribution in [0.5, 0.6) is 0 Å². The van der Waals surface area contributed by atoms with Crippen molar-refractivity contribution in [1.82, 2.24) is 9.58 Å². The van der Waals surface area contributed by atoms with Crippen molar-refractivity contribution in [1.29, 1.82) is 0 Å². The second kappa shape index (κ2) is 8.19. The summed E-state index contributed by atoms with van der Waals surface area (Å²) in [5.41, 5.74) is 4.51. The molecule has 0 saturated carbocycles. The summed E-state index contributed by atoms with van der Waals surface area (Å²) in [6, 6.07) is 16.6. The number of benzene rings is 1. The Labute approximate surface area is 182 Å². The highest BCUT2D eigenvalue weighted by molar-refractivity contribution is 6.03. The first-order chi connectivity index (χ1) is 15.1. The number of likely N-dealkylation sites (tertiary alicyclic amines) is 1. The van der Waals surface area contributed by atoms with Crippen molar-refractivity contribution in [2.75, 3.05) is 13.1 Å².